The van der Waals surface area contributed by atoms with Gasteiger partial charge in [-0.3, -0.25) is 4.79 Å². The molecule has 0 aromatic heterocycles. The van der Waals surface area contributed by atoms with Crippen molar-refractivity contribution >= 4 is 25.7 Å². The van der Waals surface area contributed by atoms with Crippen molar-refractivity contribution in [1.82, 2.24) is 0 Å². The van der Waals surface area contributed by atoms with Crippen molar-refractivity contribution in [3.63, 3.8) is 0 Å². The molecule has 4 nitrogen and oxygen atoms in total. The monoisotopic (exact) mass is 494 g/mol. The van der Waals surface area contributed by atoms with Gasteiger partial charge in [-0.1, -0.05) is 53.1 Å². The maximum absolute atomic E-state index is 12.9. The molecule has 33 heavy (non-hydrogen) atoms. The second kappa shape index (κ2) is 10.3. The molecule has 2 aliphatic carbocycles. The van der Waals surface area contributed by atoms with Crippen LogP contribution in [0.5, 0.6) is 11.5 Å². The van der Waals surface area contributed by atoms with Crippen LogP contribution in [-0.4, -0.2) is 34.9 Å². The molecule has 0 radical (unpaired) electrons. The van der Waals surface area contributed by atoms with E-state index in [-0.39, 0.29) is 5.41 Å². The van der Waals surface area contributed by atoms with E-state index in [4.69, 9.17) is 25.5 Å². The highest BCUT2D eigenvalue weighted by Crippen LogP contribution is 2.57. The molecule has 0 saturated heterocycles. The molecule has 1 aromatic rings. The van der Waals surface area contributed by atoms with Gasteiger partial charge < -0.3 is 13.9 Å². The third-order valence-corrected chi connectivity index (χ3v) is 15.1. The largest absolute Gasteiger partial charge is 0.493 e. The maximum atomic E-state index is 12.9. The molecule has 1 fully saturated rings. The lowest BCUT2D eigenvalue weighted by Gasteiger charge is -2.50. The molecular formula is C27H43ClO4Si. The molecular weight excluding hydrogens is 452 g/mol. The van der Waals surface area contributed by atoms with Gasteiger partial charge in [0.1, 0.15) is 5.78 Å². The molecule has 0 N–H and O–H groups in total. The van der Waals surface area contributed by atoms with E-state index in [2.05, 4.69) is 41.5 Å². The summed E-state index contributed by atoms with van der Waals surface area (Å²) in [5.41, 5.74) is 3.51. The van der Waals surface area contributed by atoms with Crippen LogP contribution in [0.2, 0.25) is 21.6 Å². The fourth-order valence-electron chi connectivity index (χ4n) is 7.33. The molecule has 1 saturated carbocycles. The Morgan fingerprint density at radius 3 is 2.18 bits per heavy atom. The fraction of sp³-hybridized carbons (Fsp3) is 0.741. The van der Waals surface area contributed by atoms with Crippen LogP contribution in [0.1, 0.15) is 84.8 Å². The third-order valence-electron chi connectivity index (χ3n) is 8.64. The Hall–Kier alpha value is -1.04. The standard InChI is InChI=1S/C27H43ClO4Si/c1-17(2)33(18(3)4,19(5)6)32-14-13-27-16-21(29)11-9-20(27)10-12-22-23(28)15-24(30-7)26(31-8)25(22)27/h15,17-20H,9-14,16H2,1-8H3/t20-,27-/m1/s1. The zero-order chi connectivity index (χ0) is 24.6. The van der Waals surface area contributed by atoms with Crippen LogP contribution in [0, 0.1) is 5.92 Å². The van der Waals surface area contributed by atoms with Gasteiger partial charge in [0.15, 0.2) is 19.8 Å². The molecule has 0 bridgehead atoms. The van der Waals surface area contributed by atoms with Crippen LogP contribution in [-0.2, 0) is 21.1 Å². The molecule has 6 heteroatoms. The van der Waals surface area contributed by atoms with E-state index in [0.717, 1.165) is 47.6 Å². The predicted molar refractivity (Wildman–Crippen MR) is 139 cm³/mol. The van der Waals surface area contributed by atoms with Gasteiger partial charge >= 0.3 is 0 Å². The number of Topliss-reactive ketones (excluding diaryl/α,β-unsaturated/α-hetero) is 1. The minimum atomic E-state index is -2.00. The van der Waals surface area contributed by atoms with Crippen LogP contribution in [0.25, 0.3) is 0 Å². The van der Waals surface area contributed by atoms with Crippen LogP contribution in [0.3, 0.4) is 0 Å². The number of ketones is 1. The molecule has 2 atom stereocenters. The number of rotatable bonds is 9. The minimum absolute atomic E-state index is 0.308. The molecule has 0 unspecified atom stereocenters. The van der Waals surface area contributed by atoms with Gasteiger partial charge in [0, 0.05) is 41.5 Å². The smallest absolute Gasteiger partial charge is 0.200 e. The summed E-state index contributed by atoms with van der Waals surface area (Å²) >= 11 is 6.77. The van der Waals surface area contributed by atoms with Crippen LogP contribution < -0.4 is 9.47 Å². The number of benzene rings is 1. The highest BCUT2D eigenvalue weighted by Gasteiger charge is 2.51. The lowest BCUT2D eigenvalue weighted by atomic mass is 9.55. The maximum Gasteiger partial charge on any atom is 0.200 e. The Morgan fingerprint density at radius 1 is 1.03 bits per heavy atom. The first-order valence-electron chi connectivity index (χ1n) is 12.6. The van der Waals surface area contributed by atoms with E-state index in [1.54, 1.807) is 14.2 Å². The summed E-state index contributed by atoms with van der Waals surface area (Å²) in [5.74, 6) is 2.16. The summed E-state index contributed by atoms with van der Waals surface area (Å²) in [6.45, 7) is 14.6. The number of methoxy groups -OCH3 is 2. The summed E-state index contributed by atoms with van der Waals surface area (Å²) < 4.78 is 18.6. The van der Waals surface area contributed by atoms with Crippen molar-refractivity contribution in [3.8, 4) is 11.5 Å². The van der Waals surface area contributed by atoms with Gasteiger partial charge in [-0.05, 0) is 53.8 Å². The summed E-state index contributed by atoms with van der Waals surface area (Å²) in [5, 5.41) is 0.717. The van der Waals surface area contributed by atoms with E-state index in [9.17, 15) is 4.79 Å². The summed E-state index contributed by atoms with van der Waals surface area (Å²) in [6, 6.07) is 1.86. The van der Waals surface area contributed by atoms with Gasteiger partial charge in [-0.15, -0.1) is 0 Å². The van der Waals surface area contributed by atoms with Crippen LogP contribution >= 0.6 is 11.6 Å². The summed E-state index contributed by atoms with van der Waals surface area (Å²) in [6.07, 6.45) is 4.92. The fourth-order valence-corrected chi connectivity index (χ4v) is 13.1. The first-order chi connectivity index (χ1) is 15.5. The molecule has 1 aromatic carbocycles. The quantitative estimate of drug-likeness (QED) is 0.333. The molecule has 0 aliphatic heterocycles. The number of carbonyl (C=O) groups excluding carboxylic acids is 1. The Labute approximate surface area is 206 Å². The first-order valence-corrected chi connectivity index (χ1v) is 15.2. The van der Waals surface area contributed by atoms with Crippen LogP contribution in [0.15, 0.2) is 6.07 Å². The van der Waals surface area contributed by atoms with Crippen molar-refractivity contribution in [2.24, 2.45) is 5.92 Å². The molecule has 0 amide bonds. The topological polar surface area (TPSA) is 44.8 Å². The average Bonchev–Trinajstić information content (AvgIpc) is 2.75. The van der Waals surface area contributed by atoms with Crippen LogP contribution in [0.4, 0.5) is 0 Å². The van der Waals surface area contributed by atoms with Gasteiger partial charge in [0.05, 0.1) is 14.2 Å². The van der Waals surface area contributed by atoms with Crippen molar-refractivity contribution in [2.45, 2.75) is 102 Å². The lowest BCUT2D eigenvalue weighted by Crippen LogP contribution is -2.50. The number of fused-ring (bicyclic) bond motifs is 3. The molecule has 186 valence electrons. The van der Waals surface area contributed by atoms with E-state index < -0.39 is 8.32 Å². The van der Waals surface area contributed by atoms with Crippen molar-refractivity contribution in [3.05, 3.63) is 22.2 Å². The Bertz CT molecular complexity index is 844. The molecule has 2 aliphatic rings. The summed E-state index contributed by atoms with van der Waals surface area (Å²) in [4.78, 5) is 12.9. The van der Waals surface area contributed by atoms with Crippen molar-refractivity contribution in [1.29, 1.82) is 0 Å². The first kappa shape index (κ1) is 26.6. The number of ether oxygens (including phenoxy) is 2. The minimum Gasteiger partial charge on any atom is -0.493 e. The second-order valence-corrected chi connectivity index (χ2v) is 16.9. The van der Waals surface area contributed by atoms with Gasteiger partial charge in [-0.2, -0.15) is 0 Å². The zero-order valence-corrected chi connectivity index (χ0v) is 23.6. The number of carbonyl (C=O) groups is 1. The molecule has 0 heterocycles. The lowest BCUT2D eigenvalue weighted by molar-refractivity contribution is -0.124. The van der Waals surface area contributed by atoms with E-state index in [1.807, 2.05) is 6.07 Å². The summed E-state index contributed by atoms with van der Waals surface area (Å²) in [7, 11) is 1.34. The number of hydrogen-bond donors (Lipinski definition) is 0. The van der Waals surface area contributed by atoms with E-state index >= 15 is 0 Å². The van der Waals surface area contributed by atoms with Gasteiger partial charge in [0.25, 0.3) is 0 Å². The molecule has 3 rings (SSSR count). The number of hydrogen-bond acceptors (Lipinski definition) is 4. The molecule has 0 spiro atoms. The Kier molecular flexibility index (Phi) is 8.28. The average molecular weight is 495 g/mol. The van der Waals surface area contributed by atoms with E-state index in [1.165, 1.54) is 0 Å². The van der Waals surface area contributed by atoms with Crippen molar-refractivity contribution in [2.75, 3.05) is 20.8 Å². The highest BCUT2D eigenvalue weighted by molar-refractivity contribution is 6.77. The van der Waals surface area contributed by atoms with Gasteiger partial charge in [0.2, 0.25) is 0 Å². The normalized spacial score (nSPS) is 23.2. The third kappa shape index (κ3) is 4.50. The zero-order valence-electron chi connectivity index (χ0n) is 21.8. The van der Waals surface area contributed by atoms with Crippen molar-refractivity contribution < 1.29 is 18.7 Å². The number of halogens is 1. The highest BCUT2D eigenvalue weighted by atomic mass is 35.5. The Morgan fingerprint density at radius 2 is 1.64 bits per heavy atom. The van der Waals surface area contributed by atoms with E-state index in [0.29, 0.717) is 53.5 Å². The second-order valence-electron chi connectivity index (χ2n) is 11.0. The van der Waals surface area contributed by atoms with Gasteiger partial charge in [-0.25, -0.2) is 0 Å². The predicted octanol–water partition coefficient (Wildman–Crippen LogP) is 7.49. The SMILES string of the molecule is COc1cc(Cl)c2c(c1OC)[C@]1(CCO[Si](C(C)C)(C(C)C)C(C)C)CC(=O)CC[C@@H]1CC2. The Balaban J connectivity index is 2.08.